The molecule has 16 heavy (non-hydrogen) atoms. The molecule has 2 aromatic rings. The molecule has 5 heteroatoms. The van der Waals surface area contributed by atoms with E-state index in [1.165, 1.54) is 10.9 Å². The third-order valence-corrected chi connectivity index (χ3v) is 2.67. The Hall–Kier alpha value is -1.62. The summed E-state index contributed by atoms with van der Waals surface area (Å²) in [6, 6.07) is 5.51. The first-order valence-corrected chi connectivity index (χ1v) is 5.51. The summed E-state index contributed by atoms with van der Waals surface area (Å²) >= 11 is 3.36. The van der Waals surface area contributed by atoms with Crippen molar-refractivity contribution in [2.45, 2.75) is 6.92 Å². The van der Waals surface area contributed by atoms with Gasteiger partial charge in [-0.15, -0.1) is 0 Å². The van der Waals surface area contributed by atoms with Crippen LogP contribution in [0.4, 0.5) is 10.5 Å². The number of anilines is 1. The molecule has 1 amide bonds. The van der Waals surface area contributed by atoms with Crippen LogP contribution in [0.1, 0.15) is 5.56 Å². The Morgan fingerprint density at radius 3 is 3.00 bits per heavy atom. The molecule has 0 spiro atoms. The van der Waals surface area contributed by atoms with Crippen molar-refractivity contribution in [3.63, 3.8) is 0 Å². The Bertz CT molecular complexity index is 508. The number of hydrogen-bond acceptors (Lipinski definition) is 2. The first-order valence-electron chi connectivity index (χ1n) is 4.72. The van der Waals surface area contributed by atoms with Gasteiger partial charge in [0, 0.05) is 22.6 Å². The largest absolute Gasteiger partial charge is 0.331 e. The van der Waals surface area contributed by atoms with E-state index >= 15 is 0 Å². The molecule has 2 rings (SSSR count). The average molecular weight is 280 g/mol. The van der Waals surface area contributed by atoms with E-state index < -0.39 is 0 Å². The number of nitrogens with zero attached hydrogens (tertiary/aromatic N) is 2. The Kier molecular flexibility index (Phi) is 3.05. The monoisotopic (exact) mass is 279 g/mol. The first kappa shape index (κ1) is 10.9. The molecule has 82 valence electrons. The van der Waals surface area contributed by atoms with E-state index in [-0.39, 0.29) is 6.03 Å². The third-order valence-electron chi connectivity index (χ3n) is 2.18. The van der Waals surface area contributed by atoms with Crippen molar-refractivity contribution in [3.8, 4) is 0 Å². The molecule has 0 bridgehead atoms. The van der Waals surface area contributed by atoms with Crippen LogP contribution in [0.25, 0.3) is 0 Å². The quantitative estimate of drug-likeness (QED) is 0.872. The van der Waals surface area contributed by atoms with Crippen LogP contribution < -0.4 is 5.32 Å². The van der Waals surface area contributed by atoms with Gasteiger partial charge in [-0.25, -0.2) is 9.78 Å². The van der Waals surface area contributed by atoms with Crippen molar-refractivity contribution in [3.05, 3.63) is 47.0 Å². The Labute approximate surface area is 101 Å². The van der Waals surface area contributed by atoms with Gasteiger partial charge in [0.25, 0.3) is 0 Å². The second-order valence-corrected chi connectivity index (χ2v) is 4.28. The SMILES string of the molecule is Cc1ccc(Br)cc1NC(=O)n1ccnc1. The van der Waals surface area contributed by atoms with E-state index in [0.717, 1.165) is 15.7 Å². The highest BCUT2D eigenvalue weighted by molar-refractivity contribution is 9.10. The number of carbonyl (C=O) groups excluding carboxylic acids is 1. The van der Waals surface area contributed by atoms with Crippen LogP contribution in [0.5, 0.6) is 0 Å². The summed E-state index contributed by atoms with van der Waals surface area (Å²) in [5, 5.41) is 2.81. The van der Waals surface area contributed by atoms with Gasteiger partial charge in [-0.1, -0.05) is 22.0 Å². The molecular formula is C11H10BrN3O. The second kappa shape index (κ2) is 4.49. The van der Waals surface area contributed by atoms with Gasteiger partial charge < -0.3 is 5.32 Å². The minimum Gasteiger partial charge on any atom is -0.307 e. The Morgan fingerprint density at radius 1 is 1.50 bits per heavy atom. The van der Waals surface area contributed by atoms with Gasteiger partial charge in [-0.2, -0.15) is 0 Å². The fourth-order valence-corrected chi connectivity index (χ4v) is 1.65. The molecule has 1 aromatic carbocycles. The van der Waals surface area contributed by atoms with Gasteiger partial charge in [0.05, 0.1) is 0 Å². The highest BCUT2D eigenvalue weighted by atomic mass is 79.9. The lowest BCUT2D eigenvalue weighted by molar-refractivity contribution is 0.253. The fourth-order valence-electron chi connectivity index (χ4n) is 1.29. The number of aryl methyl sites for hydroxylation is 1. The molecule has 0 aliphatic heterocycles. The zero-order valence-electron chi connectivity index (χ0n) is 8.64. The predicted molar refractivity (Wildman–Crippen MR) is 65.5 cm³/mol. The summed E-state index contributed by atoms with van der Waals surface area (Å²) in [5.41, 5.74) is 1.80. The number of nitrogens with one attached hydrogen (secondary N) is 1. The minimum absolute atomic E-state index is 0.223. The van der Waals surface area contributed by atoms with Crippen LogP contribution in [0.3, 0.4) is 0 Å². The summed E-state index contributed by atoms with van der Waals surface area (Å²) in [4.78, 5) is 15.6. The van der Waals surface area contributed by atoms with Crippen molar-refractivity contribution in [1.82, 2.24) is 9.55 Å². The lowest BCUT2D eigenvalue weighted by atomic mass is 10.2. The maximum atomic E-state index is 11.7. The van der Waals surface area contributed by atoms with Gasteiger partial charge >= 0.3 is 6.03 Å². The van der Waals surface area contributed by atoms with Crippen molar-refractivity contribution in [2.24, 2.45) is 0 Å². The van der Waals surface area contributed by atoms with E-state index in [0.29, 0.717) is 0 Å². The number of imidazole rings is 1. The summed E-state index contributed by atoms with van der Waals surface area (Å²) in [5.74, 6) is 0. The van der Waals surface area contributed by atoms with Crippen molar-refractivity contribution < 1.29 is 4.79 Å². The van der Waals surface area contributed by atoms with Gasteiger partial charge in [-0.3, -0.25) is 4.57 Å². The molecule has 4 nitrogen and oxygen atoms in total. The number of carbonyl (C=O) groups is 1. The zero-order chi connectivity index (χ0) is 11.5. The first-order chi connectivity index (χ1) is 7.66. The number of aromatic nitrogens is 2. The maximum absolute atomic E-state index is 11.7. The van der Waals surface area contributed by atoms with Gasteiger partial charge in [0.15, 0.2) is 0 Å². The predicted octanol–water partition coefficient (Wildman–Crippen LogP) is 3.03. The van der Waals surface area contributed by atoms with Crippen molar-refractivity contribution in [1.29, 1.82) is 0 Å². The van der Waals surface area contributed by atoms with Crippen LogP contribution in [-0.4, -0.2) is 15.6 Å². The van der Waals surface area contributed by atoms with Crippen molar-refractivity contribution in [2.75, 3.05) is 5.32 Å². The van der Waals surface area contributed by atoms with Crippen LogP contribution in [-0.2, 0) is 0 Å². The van der Waals surface area contributed by atoms with Gasteiger partial charge in [0.1, 0.15) is 6.33 Å². The van der Waals surface area contributed by atoms with Crippen LogP contribution in [0, 0.1) is 6.92 Å². The molecule has 0 aliphatic carbocycles. The molecule has 1 heterocycles. The molecular weight excluding hydrogens is 270 g/mol. The molecule has 0 saturated heterocycles. The molecule has 0 fully saturated rings. The summed E-state index contributed by atoms with van der Waals surface area (Å²) < 4.78 is 2.32. The highest BCUT2D eigenvalue weighted by Gasteiger charge is 2.06. The topological polar surface area (TPSA) is 46.9 Å². The molecule has 1 N–H and O–H groups in total. The van der Waals surface area contributed by atoms with E-state index in [1.807, 2.05) is 25.1 Å². The summed E-state index contributed by atoms with van der Waals surface area (Å²) in [6.45, 7) is 1.94. The van der Waals surface area contributed by atoms with Crippen LogP contribution >= 0.6 is 15.9 Å². The zero-order valence-corrected chi connectivity index (χ0v) is 10.2. The van der Waals surface area contributed by atoms with E-state index in [4.69, 9.17) is 0 Å². The Balaban J connectivity index is 2.21. The number of halogens is 1. The van der Waals surface area contributed by atoms with Crippen LogP contribution in [0.2, 0.25) is 0 Å². The average Bonchev–Trinajstić information content (AvgIpc) is 2.76. The van der Waals surface area contributed by atoms with E-state index in [9.17, 15) is 4.79 Å². The van der Waals surface area contributed by atoms with Gasteiger partial charge in [-0.05, 0) is 24.6 Å². The maximum Gasteiger partial charge on any atom is 0.331 e. The second-order valence-electron chi connectivity index (χ2n) is 3.36. The molecule has 0 saturated carbocycles. The lowest BCUT2D eigenvalue weighted by Crippen LogP contribution is -2.18. The molecule has 0 unspecified atom stereocenters. The van der Waals surface area contributed by atoms with Crippen LogP contribution in [0.15, 0.2) is 41.4 Å². The number of rotatable bonds is 1. The lowest BCUT2D eigenvalue weighted by Gasteiger charge is -2.08. The summed E-state index contributed by atoms with van der Waals surface area (Å²) in [6.07, 6.45) is 4.62. The normalized spacial score (nSPS) is 10.1. The van der Waals surface area contributed by atoms with Gasteiger partial charge in [0.2, 0.25) is 0 Å². The minimum atomic E-state index is -0.223. The molecule has 0 atom stereocenters. The number of hydrogen-bond donors (Lipinski definition) is 1. The molecule has 0 radical (unpaired) electrons. The standard InChI is InChI=1S/C11H10BrN3O/c1-8-2-3-9(12)6-10(8)14-11(16)15-5-4-13-7-15/h2-7H,1H3,(H,14,16). The third kappa shape index (κ3) is 2.30. The Morgan fingerprint density at radius 2 is 2.31 bits per heavy atom. The molecule has 0 aliphatic rings. The van der Waals surface area contributed by atoms with Crippen molar-refractivity contribution >= 4 is 27.6 Å². The van der Waals surface area contributed by atoms with E-state index in [1.54, 1.807) is 12.4 Å². The highest BCUT2D eigenvalue weighted by Crippen LogP contribution is 2.20. The number of amides is 1. The van der Waals surface area contributed by atoms with E-state index in [2.05, 4.69) is 26.2 Å². The number of benzene rings is 1. The smallest absolute Gasteiger partial charge is 0.307 e. The fraction of sp³-hybridized carbons (Fsp3) is 0.0909. The summed E-state index contributed by atoms with van der Waals surface area (Å²) in [7, 11) is 0. The molecule has 1 aromatic heterocycles.